The highest BCUT2D eigenvalue weighted by Crippen LogP contribution is 2.38. The molecule has 1 aromatic heterocycles. The zero-order valence-electron chi connectivity index (χ0n) is 22.3. The molecule has 1 unspecified atom stereocenters. The SMILES string of the molecule is CC(C)(O)C(C)(C)CBc1ccc(C2\C=C/C=C\C=C\C=N/c3c(sc4ccccc34)/C=C\C=C\2)cc1. The quantitative estimate of drug-likeness (QED) is 0.351. The van der Waals surface area contributed by atoms with E-state index in [2.05, 4.69) is 105 Å². The molecule has 2 heterocycles. The molecule has 2 nitrogen and oxygen atoms in total. The molecular formula is C33H36BNOS. The average molecular weight is 506 g/mol. The Hall–Kier alpha value is -3.21. The maximum atomic E-state index is 10.5. The summed E-state index contributed by atoms with van der Waals surface area (Å²) in [7, 11) is 0.949. The molecule has 0 bridgehead atoms. The number of fused-ring (bicyclic) bond motifs is 3. The van der Waals surface area contributed by atoms with Crippen LogP contribution in [0.2, 0.25) is 6.32 Å². The molecule has 0 spiro atoms. The summed E-state index contributed by atoms with van der Waals surface area (Å²) >= 11 is 1.77. The highest BCUT2D eigenvalue weighted by molar-refractivity contribution is 7.20. The molecule has 1 aliphatic rings. The second-order valence-electron chi connectivity index (χ2n) is 10.7. The minimum Gasteiger partial charge on any atom is -0.390 e. The summed E-state index contributed by atoms with van der Waals surface area (Å²) in [5.74, 6) is 0.170. The fraction of sp³-hybridized carbons (Fsp3) is 0.242. The predicted octanol–water partition coefficient (Wildman–Crippen LogP) is 7.92. The van der Waals surface area contributed by atoms with E-state index in [-0.39, 0.29) is 11.3 Å². The normalized spacial score (nSPS) is 21.7. The molecule has 0 amide bonds. The maximum absolute atomic E-state index is 10.5. The first-order chi connectivity index (χ1) is 17.7. The van der Waals surface area contributed by atoms with E-state index in [9.17, 15) is 5.11 Å². The number of rotatable bonds is 5. The molecule has 4 rings (SSSR count). The first-order valence-electron chi connectivity index (χ1n) is 13.0. The first-order valence-corrected chi connectivity index (χ1v) is 13.8. The Morgan fingerprint density at radius 3 is 2.27 bits per heavy atom. The number of nitrogens with zero attached hydrogens (tertiary/aromatic N) is 1. The second kappa shape index (κ2) is 11.9. The van der Waals surface area contributed by atoms with Crippen LogP contribution in [-0.4, -0.2) is 24.2 Å². The van der Waals surface area contributed by atoms with E-state index in [1.807, 2.05) is 38.3 Å². The van der Waals surface area contributed by atoms with E-state index in [0.29, 0.717) is 0 Å². The van der Waals surface area contributed by atoms with Gasteiger partial charge in [-0.25, -0.2) is 0 Å². The van der Waals surface area contributed by atoms with Crippen LogP contribution in [0.5, 0.6) is 0 Å². The summed E-state index contributed by atoms with van der Waals surface area (Å²) in [5.41, 5.74) is 2.73. The summed E-state index contributed by atoms with van der Waals surface area (Å²) in [4.78, 5) is 5.92. The zero-order chi connectivity index (χ0) is 26.3. The Morgan fingerprint density at radius 2 is 1.51 bits per heavy atom. The lowest BCUT2D eigenvalue weighted by molar-refractivity contribution is -0.0236. The van der Waals surface area contributed by atoms with Crippen LogP contribution >= 0.6 is 11.3 Å². The van der Waals surface area contributed by atoms with E-state index in [1.165, 1.54) is 21.1 Å². The minimum atomic E-state index is -0.702. The van der Waals surface area contributed by atoms with Crippen LogP contribution in [0.4, 0.5) is 5.69 Å². The van der Waals surface area contributed by atoms with Gasteiger partial charge in [0.25, 0.3) is 0 Å². The van der Waals surface area contributed by atoms with Gasteiger partial charge in [-0.3, -0.25) is 4.99 Å². The largest absolute Gasteiger partial charge is 0.390 e. The Bertz CT molecular complexity index is 1380. The molecule has 0 fully saturated rings. The summed E-state index contributed by atoms with van der Waals surface area (Å²) < 4.78 is 1.25. The van der Waals surface area contributed by atoms with Gasteiger partial charge in [-0.15, -0.1) is 11.3 Å². The lowest BCUT2D eigenvalue weighted by Gasteiger charge is -2.37. The topological polar surface area (TPSA) is 32.6 Å². The van der Waals surface area contributed by atoms with Crippen molar-refractivity contribution in [3.05, 3.63) is 114 Å². The molecule has 1 aliphatic heterocycles. The number of hydrogen-bond acceptors (Lipinski definition) is 3. The van der Waals surface area contributed by atoms with Crippen molar-refractivity contribution < 1.29 is 5.11 Å². The number of thiophene rings is 1. The monoisotopic (exact) mass is 505 g/mol. The molecule has 0 radical (unpaired) electrons. The van der Waals surface area contributed by atoms with Crippen LogP contribution in [0.15, 0.2) is 108 Å². The van der Waals surface area contributed by atoms with E-state index in [4.69, 9.17) is 4.99 Å². The van der Waals surface area contributed by atoms with Gasteiger partial charge in [0, 0.05) is 22.2 Å². The third-order valence-electron chi connectivity index (χ3n) is 7.38. The zero-order valence-corrected chi connectivity index (χ0v) is 23.1. The molecule has 0 saturated heterocycles. The van der Waals surface area contributed by atoms with Crippen molar-refractivity contribution in [2.45, 2.75) is 45.5 Å². The third kappa shape index (κ3) is 6.97. The van der Waals surface area contributed by atoms with Crippen LogP contribution in [0.1, 0.15) is 44.1 Å². The van der Waals surface area contributed by atoms with Crippen LogP contribution in [0.25, 0.3) is 16.2 Å². The van der Waals surface area contributed by atoms with Gasteiger partial charge in [-0.1, -0.05) is 117 Å². The molecule has 4 heteroatoms. The number of aliphatic hydroxyl groups is 1. The summed E-state index contributed by atoms with van der Waals surface area (Å²) in [5, 5.41) is 11.7. The standard InChI is InChI=1S/C33H36BNOS/c1-32(2,33(3,4)36)24-34-27-21-19-26(20-22-27)25-14-8-6-5-7-13-23-35-31-28-16-10-12-17-29(28)37-30(31)18-11-9-15-25/h5-23,25,34,36H,24H2,1-4H3/b6-5-,13-7+,14-8-,15-9+,18-11-,35-23-. The van der Waals surface area contributed by atoms with E-state index in [1.54, 1.807) is 11.3 Å². The van der Waals surface area contributed by atoms with Crippen molar-refractivity contribution >= 4 is 52.1 Å². The second-order valence-corrected chi connectivity index (χ2v) is 11.8. The molecule has 1 N–H and O–H groups in total. The molecule has 188 valence electrons. The smallest absolute Gasteiger partial charge is 0.158 e. The molecule has 2 aromatic carbocycles. The molecule has 0 saturated carbocycles. The van der Waals surface area contributed by atoms with Crippen LogP contribution in [-0.2, 0) is 0 Å². The van der Waals surface area contributed by atoms with Gasteiger partial charge in [0.1, 0.15) is 0 Å². The van der Waals surface area contributed by atoms with Gasteiger partial charge in [0.15, 0.2) is 7.28 Å². The lowest BCUT2D eigenvalue weighted by Crippen LogP contribution is -2.40. The van der Waals surface area contributed by atoms with Gasteiger partial charge in [-0.05, 0) is 43.0 Å². The van der Waals surface area contributed by atoms with Crippen molar-refractivity contribution in [1.29, 1.82) is 0 Å². The molecule has 3 aromatic rings. The van der Waals surface area contributed by atoms with Crippen molar-refractivity contribution in [2.75, 3.05) is 0 Å². The highest BCUT2D eigenvalue weighted by atomic mass is 32.1. The minimum absolute atomic E-state index is 0.145. The number of allylic oxidation sites excluding steroid dienone is 9. The Labute approximate surface area is 226 Å². The fourth-order valence-corrected chi connectivity index (χ4v) is 5.19. The molecule has 37 heavy (non-hydrogen) atoms. The predicted molar refractivity (Wildman–Crippen MR) is 166 cm³/mol. The number of benzene rings is 2. The molecular weight excluding hydrogens is 469 g/mol. The first kappa shape index (κ1) is 26.8. The molecule has 1 atom stereocenters. The van der Waals surface area contributed by atoms with Crippen LogP contribution in [0, 0.1) is 5.41 Å². The Kier molecular flexibility index (Phi) is 8.63. The molecule has 0 aliphatic carbocycles. The highest BCUT2D eigenvalue weighted by Gasteiger charge is 2.34. The summed E-state index contributed by atoms with van der Waals surface area (Å²) in [6, 6.07) is 17.3. The lowest BCUT2D eigenvalue weighted by atomic mass is 9.56. The average Bonchev–Trinajstić information content (AvgIpc) is 3.22. The van der Waals surface area contributed by atoms with Gasteiger partial charge in [0.2, 0.25) is 0 Å². The van der Waals surface area contributed by atoms with E-state index >= 15 is 0 Å². The van der Waals surface area contributed by atoms with Gasteiger partial charge < -0.3 is 5.11 Å². The number of hydrogen-bond donors (Lipinski definition) is 1. The van der Waals surface area contributed by atoms with Crippen molar-refractivity contribution in [1.82, 2.24) is 0 Å². The van der Waals surface area contributed by atoms with Gasteiger partial charge in [-0.2, -0.15) is 0 Å². The van der Waals surface area contributed by atoms with E-state index < -0.39 is 5.60 Å². The van der Waals surface area contributed by atoms with Crippen molar-refractivity contribution in [2.24, 2.45) is 10.4 Å². The van der Waals surface area contributed by atoms with Gasteiger partial charge >= 0.3 is 0 Å². The van der Waals surface area contributed by atoms with Crippen LogP contribution < -0.4 is 5.46 Å². The van der Waals surface area contributed by atoms with Gasteiger partial charge in [0.05, 0.1) is 16.2 Å². The summed E-state index contributed by atoms with van der Waals surface area (Å²) in [6.45, 7) is 8.07. The fourth-order valence-electron chi connectivity index (χ4n) is 4.12. The number of aliphatic imine (C=N–C) groups is 1. The third-order valence-corrected chi connectivity index (χ3v) is 8.51. The van der Waals surface area contributed by atoms with Crippen molar-refractivity contribution in [3.8, 4) is 0 Å². The van der Waals surface area contributed by atoms with Crippen molar-refractivity contribution in [3.63, 3.8) is 0 Å². The van der Waals surface area contributed by atoms with E-state index in [0.717, 1.165) is 24.2 Å². The Morgan fingerprint density at radius 1 is 0.838 bits per heavy atom. The summed E-state index contributed by atoms with van der Waals surface area (Å²) in [6.07, 6.45) is 23.8. The maximum Gasteiger partial charge on any atom is 0.158 e. The van der Waals surface area contributed by atoms with Crippen LogP contribution in [0.3, 0.4) is 0 Å². The Balaban J connectivity index is 1.56.